The van der Waals surface area contributed by atoms with Crippen molar-refractivity contribution in [2.45, 2.75) is 13.3 Å². The molecule has 0 fully saturated rings. The number of Topliss-reactive ketones (excluding diaryl/α,β-unsaturated/α-hetero) is 1. The van der Waals surface area contributed by atoms with Crippen LogP contribution in [-0.4, -0.2) is 17.5 Å². The lowest BCUT2D eigenvalue weighted by molar-refractivity contribution is -0.114. The molecule has 1 N–H and O–H groups in total. The molecule has 0 saturated heterocycles. The summed E-state index contributed by atoms with van der Waals surface area (Å²) in [5.41, 5.74) is 0.370. The summed E-state index contributed by atoms with van der Waals surface area (Å²) >= 11 is 0. The van der Waals surface area contributed by atoms with Gasteiger partial charge in [0.1, 0.15) is 5.76 Å². The van der Waals surface area contributed by atoms with Crippen LogP contribution in [0, 0.1) is 0 Å². The standard InChI is InChI=1S/C8H10O3/c1-6(10)7(5-9)8-3-2-4-11-8/h2,4,9H,3,5H2,1H3. The van der Waals surface area contributed by atoms with Crippen molar-refractivity contribution in [1.29, 1.82) is 0 Å². The predicted octanol–water partition coefficient (Wildman–Crippen LogP) is 0.756. The van der Waals surface area contributed by atoms with Crippen molar-refractivity contribution in [2.75, 3.05) is 6.61 Å². The van der Waals surface area contributed by atoms with Crippen molar-refractivity contribution in [2.24, 2.45) is 0 Å². The van der Waals surface area contributed by atoms with Crippen LogP contribution in [0.1, 0.15) is 13.3 Å². The Bertz CT molecular complexity index is 215. The second-order valence-electron chi connectivity index (χ2n) is 2.31. The summed E-state index contributed by atoms with van der Waals surface area (Å²) in [7, 11) is 0. The van der Waals surface area contributed by atoms with E-state index in [0.717, 1.165) is 0 Å². The highest BCUT2D eigenvalue weighted by atomic mass is 16.5. The quantitative estimate of drug-likeness (QED) is 0.597. The fourth-order valence-electron chi connectivity index (χ4n) is 0.924. The molecule has 0 aromatic carbocycles. The summed E-state index contributed by atoms with van der Waals surface area (Å²) in [4.78, 5) is 10.8. The predicted molar refractivity (Wildman–Crippen MR) is 39.6 cm³/mol. The first-order valence-electron chi connectivity index (χ1n) is 3.41. The maximum atomic E-state index is 10.8. The molecule has 0 bridgehead atoms. The number of aliphatic hydroxyl groups excluding tert-OH is 1. The Morgan fingerprint density at radius 1 is 1.82 bits per heavy atom. The number of carbonyl (C=O) groups is 1. The highest BCUT2D eigenvalue weighted by Gasteiger charge is 2.12. The number of rotatable bonds is 2. The minimum Gasteiger partial charge on any atom is -0.469 e. The molecule has 0 atom stereocenters. The van der Waals surface area contributed by atoms with Gasteiger partial charge in [-0.1, -0.05) is 0 Å². The van der Waals surface area contributed by atoms with E-state index in [4.69, 9.17) is 9.84 Å². The Labute approximate surface area is 65.0 Å². The number of ether oxygens (including phenoxy) is 1. The van der Waals surface area contributed by atoms with Gasteiger partial charge in [0.05, 0.1) is 18.4 Å². The molecule has 0 aliphatic carbocycles. The number of allylic oxidation sites excluding steroid dienone is 1. The Balaban J connectivity index is 2.81. The monoisotopic (exact) mass is 154 g/mol. The molecule has 60 valence electrons. The van der Waals surface area contributed by atoms with Crippen LogP contribution in [0.15, 0.2) is 23.7 Å². The zero-order valence-electron chi connectivity index (χ0n) is 6.33. The van der Waals surface area contributed by atoms with E-state index in [2.05, 4.69) is 0 Å². The van der Waals surface area contributed by atoms with E-state index in [1.165, 1.54) is 13.2 Å². The lowest BCUT2D eigenvalue weighted by Gasteiger charge is -2.03. The highest BCUT2D eigenvalue weighted by molar-refractivity contribution is 5.94. The molecular formula is C8H10O3. The molecule has 3 heteroatoms. The number of hydrogen-bond acceptors (Lipinski definition) is 3. The zero-order chi connectivity index (χ0) is 8.27. The van der Waals surface area contributed by atoms with Gasteiger partial charge < -0.3 is 9.84 Å². The maximum Gasteiger partial charge on any atom is 0.161 e. The van der Waals surface area contributed by atoms with Crippen molar-refractivity contribution in [3.8, 4) is 0 Å². The first-order valence-corrected chi connectivity index (χ1v) is 3.41. The van der Waals surface area contributed by atoms with Crippen LogP contribution >= 0.6 is 0 Å². The fourth-order valence-corrected chi connectivity index (χ4v) is 0.924. The normalized spacial score (nSPS) is 19.8. The van der Waals surface area contributed by atoms with E-state index in [1.807, 2.05) is 0 Å². The van der Waals surface area contributed by atoms with Crippen molar-refractivity contribution in [1.82, 2.24) is 0 Å². The molecule has 1 heterocycles. The molecular weight excluding hydrogens is 144 g/mol. The van der Waals surface area contributed by atoms with E-state index in [0.29, 0.717) is 17.8 Å². The van der Waals surface area contributed by atoms with Gasteiger partial charge in [0.2, 0.25) is 0 Å². The van der Waals surface area contributed by atoms with Crippen molar-refractivity contribution in [3.63, 3.8) is 0 Å². The molecule has 0 unspecified atom stereocenters. The van der Waals surface area contributed by atoms with Crippen LogP contribution in [0.4, 0.5) is 0 Å². The minimum absolute atomic E-state index is 0.133. The third-order valence-electron chi connectivity index (χ3n) is 1.53. The first-order chi connectivity index (χ1) is 5.25. The molecule has 11 heavy (non-hydrogen) atoms. The van der Waals surface area contributed by atoms with Crippen LogP contribution in [0.2, 0.25) is 0 Å². The van der Waals surface area contributed by atoms with Gasteiger partial charge in [-0.25, -0.2) is 0 Å². The Kier molecular flexibility index (Phi) is 2.44. The topological polar surface area (TPSA) is 46.5 Å². The number of carbonyl (C=O) groups excluding carboxylic acids is 1. The largest absolute Gasteiger partial charge is 0.469 e. The van der Waals surface area contributed by atoms with Crippen LogP contribution in [0.3, 0.4) is 0 Å². The summed E-state index contributed by atoms with van der Waals surface area (Å²) < 4.78 is 4.99. The Morgan fingerprint density at radius 3 is 2.91 bits per heavy atom. The molecule has 1 aliphatic heterocycles. The molecule has 1 aliphatic rings. The molecule has 0 amide bonds. The molecule has 0 radical (unpaired) electrons. The molecule has 1 rings (SSSR count). The fraction of sp³-hybridized carbons (Fsp3) is 0.375. The highest BCUT2D eigenvalue weighted by Crippen LogP contribution is 2.17. The number of hydrogen-bond donors (Lipinski definition) is 1. The molecule has 0 spiro atoms. The maximum absolute atomic E-state index is 10.8. The summed E-state index contributed by atoms with van der Waals surface area (Å²) in [6.45, 7) is 1.17. The van der Waals surface area contributed by atoms with Gasteiger partial charge in [-0.05, 0) is 13.0 Å². The van der Waals surface area contributed by atoms with Crippen LogP contribution in [0.25, 0.3) is 0 Å². The Morgan fingerprint density at radius 2 is 2.55 bits per heavy atom. The summed E-state index contributed by atoms with van der Waals surface area (Å²) in [5, 5.41) is 8.77. The van der Waals surface area contributed by atoms with Crippen LogP contribution < -0.4 is 0 Å². The van der Waals surface area contributed by atoms with Crippen LogP contribution in [0.5, 0.6) is 0 Å². The van der Waals surface area contributed by atoms with E-state index >= 15 is 0 Å². The number of ketones is 1. The Hall–Kier alpha value is -1.09. The van der Waals surface area contributed by atoms with Crippen molar-refractivity contribution >= 4 is 5.78 Å². The van der Waals surface area contributed by atoms with E-state index in [-0.39, 0.29) is 12.4 Å². The summed E-state index contributed by atoms with van der Waals surface area (Å²) in [6.07, 6.45) is 3.93. The lowest BCUT2D eigenvalue weighted by atomic mass is 10.1. The van der Waals surface area contributed by atoms with Crippen molar-refractivity contribution in [3.05, 3.63) is 23.7 Å². The van der Waals surface area contributed by atoms with E-state index in [9.17, 15) is 4.79 Å². The number of aliphatic hydroxyl groups is 1. The van der Waals surface area contributed by atoms with E-state index in [1.54, 1.807) is 6.08 Å². The van der Waals surface area contributed by atoms with Crippen molar-refractivity contribution < 1.29 is 14.6 Å². The molecule has 0 aromatic rings. The third kappa shape index (κ3) is 1.68. The average Bonchev–Trinajstić information content (AvgIpc) is 2.40. The second-order valence-corrected chi connectivity index (χ2v) is 2.31. The first kappa shape index (κ1) is 8.01. The van der Waals surface area contributed by atoms with Gasteiger partial charge in [0.25, 0.3) is 0 Å². The SMILES string of the molecule is CC(=O)C(CO)=C1CC=CO1. The van der Waals surface area contributed by atoms with Gasteiger partial charge in [-0.15, -0.1) is 0 Å². The molecule has 0 saturated carbocycles. The summed E-state index contributed by atoms with van der Waals surface area (Å²) in [6, 6.07) is 0. The summed E-state index contributed by atoms with van der Waals surface area (Å²) in [5.74, 6) is 0.436. The molecule has 0 aromatic heterocycles. The van der Waals surface area contributed by atoms with Gasteiger partial charge in [0.15, 0.2) is 5.78 Å². The lowest BCUT2D eigenvalue weighted by Crippen LogP contribution is -2.05. The van der Waals surface area contributed by atoms with E-state index < -0.39 is 0 Å². The zero-order valence-corrected chi connectivity index (χ0v) is 6.33. The van der Waals surface area contributed by atoms with Gasteiger partial charge in [-0.2, -0.15) is 0 Å². The van der Waals surface area contributed by atoms with Gasteiger partial charge >= 0.3 is 0 Å². The third-order valence-corrected chi connectivity index (χ3v) is 1.53. The average molecular weight is 154 g/mol. The van der Waals surface area contributed by atoms with Gasteiger partial charge in [-0.3, -0.25) is 4.79 Å². The second kappa shape index (κ2) is 3.34. The molecule has 3 nitrogen and oxygen atoms in total. The van der Waals surface area contributed by atoms with Crippen LogP contribution in [-0.2, 0) is 9.53 Å². The van der Waals surface area contributed by atoms with Gasteiger partial charge in [0, 0.05) is 6.42 Å². The smallest absolute Gasteiger partial charge is 0.161 e. The minimum atomic E-state index is -0.244.